The second-order valence-corrected chi connectivity index (χ2v) is 6.11. The van der Waals surface area contributed by atoms with Crippen molar-refractivity contribution in [3.05, 3.63) is 63.1 Å². The molecule has 1 N–H and O–H groups in total. The van der Waals surface area contributed by atoms with E-state index in [1.807, 2.05) is 24.3 Å². The summed E-state index contributed by atoms with van der Waals surface area (Å²) in [6, 6.07) is 12.7. The van der Waals surface area contributed by atoms with Gasteiger partial charge >= 0.3 is 0 Å². The Morgan fingerprint density at radius 2 is 1.91 bits per heavy atom. The van der Waals surface area contributed by atoms with Crippen LogP contribution in [0.5, 0.6) is 5.75 Å². The maximum Gasteiger partial charge on any atom is 0.253 e. The van der Waals surface area contributed by atoms with E-state index in [0.29, 0.717) is 30.3 Å². The van der Waals surface area contributed by atoms with E-state index in [1.165, 1.54) is 0 Å². The summed E-state index contributed by atoms with van der Waals surface area (Å²) in [5, 5.41) is 3.26. The molecule has 0 saturated carbocycles. The zero-order chi connectivity index (χ0) is 16.7. The molecule has 0 unspecified atom stereocenters. The maximum absolute atomic E-state index is 12.1. The zero-order valence-corrected chi connectivity index (χ0v) is 15.0. The quantitative estimate of drug-likeness (QED) is 0.716. The summed E-state index contributed by atoms with van der Waals surface area (Å²) in [6.07, 6.45) is 0. The molecule has 122 valence electrons. The van der Waals surface area contributed by atoms with Crippen LogP contribution < -0.4 is 10.1 Å². The Kier molecular flexibility index (Phi) is 6.89. The largest absolute Gasteiger partial charge is 0.491 e. The van der Waals surface area contributed by atoms with Crippen LogP contribution in [0.4, 0.5) is 0 Å². The number of hydrogen-bond donors (Lipinski definition) is 1. The van der Waals surface area contributed by atoms with Gasteiger partial charge in [0.05, 0.1) is 17.2 Å². The molecule has 0 spiro atoms. The first-order valence-corrected chi connectivity index (χ1v) is 8.21. The Morgan fingerprint density at radius 3 is 2.57 bits per heavy atom. The highest BCUT2D eigenvalue weighted by Crippen LogP contribution is 2.21. The molecule has 0 atom stereocenters. The molecular formula is C17H17BrClNO3. The fourth-order valence-electron chi connectivity index (χ4n) is 1.90. The first-order chi connectivity index (χ1) is 11.1. The first-order valence-electron chi connectivity index (χ1n) is 7.04. The van der Waals surface area contributed by atoms with E-state index < -0.39 is 0 Å². The van der Waals surface area contributed by atoms with Crippen molar-refractivity contribution in [2.45, 2.75) is 6.54 Å². The van der Waals surface area contributed by atoms with Crippen molar-refractivity contribution in [1.29, 1.82) is 0 Å². The number of ether oxygens (including phenoxy) is 2. The minimum absolute atomic E-state index is 0.206. The van der Waals surface area contributed by atoms with E-state index in [4.69, 9.17) is 21.1 Å². The molecule has 0 aromatic heterocycles. The Labute approximate surface area is 148 Å². The lowest BCUT2D eigenvalue weighted by Gasteiger charge is -2.09. The van der Waals surface area contributed by atoms with Gasteiger partial charge in [0.15, 0.2) is 0 Å². The molecule has 1 amide bonds. The standard InChI is InChI=1S/C17H17BrClNO3/c1-22-8-9-23-14-5-2-12(3-6-14)11-20-17(21)15-7-4-13(18)10-16(15)19/h2-7,10H,8-9,11H2,1H3,(H,20,21). The van der Waals surface area contributed by atoms with E-state index in [1.54, 1.807) is 25.3 Å². The van der Waals surface area contributed by atoms with Crippen LogP contribution in [-0.4, -0.2) is 26.2 Å². The second kappa shape index (κ2) is 8.91. The van der Waals surface area contributed by atoms with Crippen molar-refractivity contribution in [1.82, 2.24) is 5.32 Å². The summed E-state index contributed by atoms with van der Waals surface area (Å²) in [6.45, 7) is 1.48. The van der Waals surface area contributed by atoms with Gasteiger partial charge in [-0.15, -0.1) is 0 Å². The molecule has 0 radical (unpaired) electrons. The Hall–Kier alpha value is -1.56. The summed E-state index contributed by atoms with van der Waals surface area (Å²) in [5.41, 5.74) is 1.43. The summed E-state index contributed by atoms with van der Waals surface area (Å²) in [5.74, 6) is 0.566. The van der Waals surface area contributed by atoms with Crippen molar-refractivity contribution >= 4 is 33.4 Å². The van der Waals surface area contributed by atoms with Crippen molar-refractivity contribution < 1.29 is 14.3 Å². The SMILES string of the molecule is COCCOc1ccc(CNC(=O)c2ccc(Br)cc2Cl)cc1. The molecule has 0 bridgehead atoms. The number of benzene rings is 2. The minimum atomic E-state index is -0.206. The van der Waals surface area contributed by atoms with E-state index in [0.717, 1.165) is 15.8 Å². The highest BCUT2D eigenvalue weighted by atomic mass is 79.9. The van der Waals surface area contributed by atoms with Gasteiger partial charge in [-0.25, -0.2) is 0 Å². The van der Waals surface area contributed by atoms with Crippen LogP contribution in [0.25, 0.3) is 0 Å². The average Bonchev–Trinajstić information content (AvgIpc) is 2.54. The highest BCUT2D eigenvalue weighted by molar-refractivity contribution is 9.10. The zero-order valence-electron chi connectivity index (χ0n) is 12.6. The van der Waals surface area contributed by atoms with E-state index in [-0.39, 0.29) is 5.91 Å². The van der Waals surface area contributed by atoms with Crippen molar-refractivity contribution in [2.75, 3.05) is 20.3 Å². The number of carbonyl (C=O) groups excluding carboxylic acids is 1. The maximum atomic E-state index is 12.1. The lowest BCUT2D eigenvalue weighted by molar-refractivity contribution is 0.0951. The molecule has 23 heavy (non-hydrogen) atoms. The van der Waals surface area contributed by atoms with E-state index >= 15 is 0 Å². The number of nitrogens with one attached hydrogen (secondary N) is 1. The summed E-state index contributed by atoms with van der Waals surface area (Å²) in [4.78, 5) is 12.1. The van der Waals surface area contributed by atoms with Crippen LogP contribution in [0, 0.1) is 0 Å². The molecule has 2 aromatic carbocycles. The molecule has 0 aliphatic carbocycles. The number of amides is 1. The summed E-state index contributed by atoms with van der Waals surface area (Å²) >= 11 is 9.38. The lowest BCUT2D eigenvalue weighted by atomic mass is 10.2. The molecule has 4 nitrogen and oxygen atoms in total. The highest BCUT2D eigenvalue weighted by Gasteiger charge is 2.10. The molecular weight excluding hydrogens is 382 g/mol. The van der Waals surface area contributed by atoms with Gasteiger partial charge in [0.25, 0.3) is 5.91 Å². The second-order valence-electron chi connectivity index (χ2n) is 4.79. The van der Waals surface area contributed by atoms with Crippen molar-refractivity contribution in [3.63, 3.8) is 0 Å². The summed E-state index contributed by atoms with van der Waals surface area (Å²) < 4.78 is 11.3. The molecule has 2 aromatic rings. The number of methoxy groups -OCH3 is 1. The van der Waals surface area contributed by atoms with Crippen molar-refractivity contribution in [2.24, 2.45) is 0 Å². The van der Waals surface area contributed by atoms with Gasteiger partial charge in [-0.05, 0) is 35.9 Å². The third-order valence-electron chi connectivity index (χ3n) is 3.11. The molecule has 2 rings (SSSR count). The number of halogens is 2. The normalized spacial score (nSPS) is 10.4. The lowest BCUT2D eigenvalue weighted by Crippen LogP contribution is -2.23. The number of carbonyl (C=O) groups is 1. The van der Waals surface area contributed by atoms with Crippen LogP contribution in [0.15, 0.2) is 46.9 Å². The van der Waals surface area contributed by atoms with Gasteiger partial charge in [0, 0.05) is 18.1 Å². The third-order valence-corrected chi connectivity index (χ3v) is 3.91. The smallest absolute Gasteiger partial charge is 0.253 e. The predicted octanol–water partition coefficient (Wildman–Crippen LogP) is 4.06. The minimum Gasteiger partial charge on any atom is -0.491 e. The molecule has 6 heteroatoms. The van der Waals surface area contributed by atoms with Crippen LogP contribution in [0.3, 0.4) is 0 Å². The third kappa shape index (κ3) is 5.53. The van der Waals surface area contributed by atoms with Gasteiger partial charge in [0.1, 0.15) is 12.4 Å². The van der Waals surface area contributed by atoms with Gasteiger partial charge < -0.3 is 14.8 Å². The van der Waals surface area contributed by atoms with E-state index in [9.17, 15) is 4.79 Å². The fourth-order valence-corrected chi connectivity index (χ4v) is 2.66. The average molecular weight is 399 g/mol. The monoisotopic (exact) mass is 397 g/mol. The Balaban J connectivity index is 1.89. The molecule has 0 aliphatic rings. The van der Waals surface area contributed by atoms with Gasteiger partial charge in [0.2, 0.25) is 0 Å². The molecule has 0 heterocycles. The van der Waals surface area contributed by atoms with Crippen LogP contribution in [0.2, 0.25) is 5.02 Å². The van der Waals surface area contributed by atoms with Gasteiger partial charge in [-0.3, -0.25) is 4.79 Å². The molecule has 0 aliphatic heterocycles. The van der Waals surface area contributed by atoms with Gasteiger partial charge in [-0.2, -0.15) is 0 Å². The topological polar surface area (TPSA) is 47.6 Å². The summed E-state index contributed by atoms with van der Waals surface area (Å²) in [7, 11) is 1.63. The molecule has 0 fully saturated rings. The molecule has 0 saturated heterocycles. The van der Waals surface area contributed by atoms with Crippen LogP contribution >= 0.6 is 27.5 Å². The first kappa shape index (κ1) is 17.8. The number of hydrogen-bond acceptors (Lipinski definition) is 3. The Morgan fingerprint density at radius 1 is 1.17 bits per heavy atom. The van der Waals surface area contributed by atoms with Gasteiger partial charge in [-0.1, -0.05) is 39.7 Å². The van der Waals surface area contributed by atoms with E-state index in [2.05, 4.69) is 21.2 Å². The van der Waals surface area contributed by atoms with Crippen LogP contribution in [0.1, 0.15) is 15.9 Å². The fraction of sp³-hybridized carbons (Fsp3) is 0.235. The Bertz CT molecular complexity index is 661. The van der Waals surface area contributed by atoms with Crippen molar-refractivity contribution in [3.8, 4) is 5.75 Å². The predicted molar refractivity (Wildman–Crippen MR) is 94.1 cm³/mol. The van der Waals surface area contributed by atoms with Crippen LogP contribution in [-0.2, 0) is 11.3 Å². The number of rotatable bonds is 7.